The van der Waals surface area contributed by atoms with Gasteiger partial charge in [-0.25, -0.2) is 9.97 Å². The fraction of sp³-hybridized carbons (Fsp3) is 0.0417. The SMILES string of the molecule is COc1ccc(Oc2ncc(-c3ccc(C(=O)Nc4ccc(Cl)cc4)cc3)cn2)cc1. The Kier molecular flexibility index (Phi) is 6.10. The molecule has 1 amide bonds. The minimum Gasteiger partial charge on any atom is -0.497 e. The van der Waals surface area contributed by atoms with E-state index < -0.39 is 0 Å². The number of hydrogen-bond acceptors (Lipinski definition) is 5. The third kappa shape index (κ3) is 5.18. The molecule has 0 aliphatic rings. The van der Waals surface area contributed by atoms with Crippen LogP contribution in [0.15, 0.2) is 85.2 Å². The highest BCUT2D eigenvalue weighted by molar-refractivity contribution is 6.30. The number of carbonyl (C=O) groups excluding carboxylic acids is 1. The monoisotopic (exact) mass is 431 g/mol. The topological polar surface area (TPSA) is 73.3 Å². The highest BCUT2D eigenvalue weighted by Gasteiger charge is 2.08. The zero-order valence-corrected chi connectivity index (χ0v) is 17.3. The molecule has 31 heavy (non-hydrogen) atoms. The third-order valence-corrected chi connectivity index (χ3v) is 4.73. The number of ether oxygens (including phenoxy) is 2. The molecular formula is C24H18ClN3O3. The van der Waals surface area contributed by atoms with Crippen molar-refractivity contribution in [1.82, 2.24) is 9.97 Å². The normalized spacial score (nSPS) is 10.4. The lowest BCUT2D eigenvalue weighted by Crippen LogP contribution is -2.11. The molecule has 4 rings (SSSR count). The van der Waals surface area contributed by atoms with Gasteiger partial charge in [0.25, 0.3) is 5.91 Å². The largest absolute Gasteiger partial charge is 0.497 e. The molecule has 0 saturated heterocycles. The van der Waals surface area contributed by atoms with Gasteiger partial charge in [-0.15, -0.1) is 0 Å². The minimum atomic E-state index is -0.201. The van der Waals surface area contributed by atoms with E-state index in [9.17, 15) is 4.79 Å². The van der Waals surface area contributed by atoms with Gasteiger partial charge in [0.1, 0.15) is 11.5 Å². The van der Waals surface area contributed by atoms with Crippen LogP contribution in [0.5, 0.6) is 17.5 Å². The van der Waals surface area contributed by atoms with Crippen molar-refractivity contribution >= 4 is 23.2 Å². The van der Waals surface area contributed by atoms with Crippen molar-refractivity contribution < 1.29 is 14.3 Å². The predicted octanol–water partition coefficient (Wildman–Crippen LogP) is 5.85. The van der Waals surface area contributed by atoms with Crippen molar-refractivity contribution in [2.45, 2.75) is 0 Å². The number of amides is 1. The van der Waals surface area contributed by atoms with Gasteiger partial charge in [0.2, 0.25) is 0 Å². The van der Waals surface area contributed by atoms with E-state index in [4.69, 9.17) is 21.1 Å². The van der Waals surface area contributed by atoms with Crippen LogP contribution >= 0.6 is 11.6 Å². The zero-order chi connectivity index (χ0) is 21.6. The van der Waals surface area contributed by atoms with E-state index in [-0.39, 0.29) is 11.9 Å². The van der Waals surface area contributed by atoms with Crippen LogP contribution in [0.2, 0.25) is 5.02 Å². The number of anilines is 1. The lowest BCUT2D eigenvalue weighted by Gasteiger charge is -2.07. The van der Waals surface area contributed by atoms with Crippen LogP contribution in [0.4, 0.5) is 5.69 Å². The van der Waals surface area contributed by atoms with E-state index in [0.717, 1.165) is 16.9 Å². The van der Waals surface area contributed by atoms with Crippen molar-refractivity contribution in [1.29, 1.82) is 0 Å². The van der Waals surface area contributed by atoms with Crippen LogP contribution in [0.25, 0.3) is 11.1 Å². The quantitative estimate of drug-likeness (QED) is 0.414. The van der Waals surface area contributed by atoms with Crippen LogP contribution in [0, 0.1) is 0 Å². The molecule has 1 N–H and O–H groups in total. The summed E-state index contributed by atoms with van der Waals surface area (Å²) in [4.78, 5) is 20.9. The molecule has 0 aliphatic heterocycles. The highest BCUT2D eigenvalue weighted by atomic mass is 35.5. The fourth-order valence-electron chi connectivity index (χ4n) is 2.82. The van der Waals surface area contributed by atoms with Crippen LogP contribution in [-0.4, -0.2) is 23.0 Å². The number of benzene rings is 3. The molecule has 0 atom stereocenters. The van der Waals surface area contributed by atoms with Crippen LogP contribution in [0.3, 0.4) is 0 Å². The number of methoxy groups -OCH3 is 1. The third-order valence-electron chi connectivity index (χ3n) is 4.48. The molecule has 7 heteroatoms. The number of nitrogens with one attached hydrogen (secondary N) is 1. The van der Waals surface area contributed by atoms with Gasteiger partial charge in [-0.05, 0) is 66.2 Å². The standard InChI is InChI=1S/C24H18ClN3O3/c1-30-21-10-12-22(13-11-21)31-24-26-14-18(15-27-24)16-2-4-17(5-3-16)23(29)28-20-8-6-19(25)7-9-20/h2-15H,1H3,(H,28,29). The lowest BCUT2D eigenvalue weighted by atomic mass is 10.1. The van der Waals surface area contributed by atoms with E-state index in [1.165, 1.54) is 0 Å². The molecule has 4 aromatic rings. The Morgan fingerprint density at radius 1 is 0.806 bits per heavy atom. The molecule has 154 valence electrons. The van der Waals surface area contributed by atoms with Gasteiger partial charge < -0.3 is 14.8 Å². The molecule has 1 aromatic heterocycles. The Hall–Kier alpha value is -3.90. The Morgan fingerprint density at radius 3 is 2.03 bits per heavy atom. The summed E-state index contributed by atoms with van der Waals surface area (Å²) in [6.07, 6.45) is 3.35. The molecule has 0 unspecified atom stereocenters. The second kappa shape index (κ2) is 9.28. The summed E-state index contributed by atoms with van der Waals surface area (Å²) < 4.78 is 10.8. The molecule has 3 aromatic carbocycles. The van der Waals surface area contributed by atoms with E-state index in [1.807, 2.05) is 12.1 Å². The summed E-state index contributed by atoms with van der Waals surface area (Å²) in [7, 11) is 1.61. The minimum absolute atomic E-state index is 0.201. The number of halogens is 1. The molecule has 6 nitrogen and oxygen atoms in total. The molecule has 0 saturated carbocycles. The summed E-state index contributed by atoms with van der Waals surface area (Å²) >= 11 is 5.87. The first-order chi connectivity index (χ1) is 15.1. The van der Waals surface area contributed by atoms with Gasteiger partial charge in [0.05, 0.1) is 7.11 Å². The van der Waals surface area contributed by atoms with Crippen LogP contribution in [-0.2, 0) is 0 Å². The van der Waals surface area contributed by atoms with Crippen molar-refractivity contribution in [3.8, 4) is 28.6 Å². The van der Waals surface area contributed by atoms with E-state index in [1.54, 1.807) is 80.2 Å². The summed E-state index contributed by atoms with van der Waals surface area (Å²) in [5.74, 6) is 1.16. The molecule has 0 radical (unpaired) electrons. The number of nitrogens with zero attached hydrogens (tertiary/aromatic N) is 2. The average Bonchev–Trinajstić information content (AvgIpc) is 2.82. The number of aromatic nitrogens is 2. The van der Waals surface area contributed by atoms with Crippen molar-refractivity contribution in [3.63, 3.8) is 0 Å². The Bertz CT molecular complexity index is 1160. The first-order valence-electron chi connectivity index (χ1n) is 9.42. The molecule has 0 fully saturated rings. The maximum Gasteiger partial charge on any atom is 0.321 e. The molecule has 0 bridgehead atoms. The van der Waals surface area contributed by atoms with Crippen molar-refractivity contribution in [2.24, 2.45) is 0 Å². The van der Waals surface area contributed by atoms with Crippen molar-refractivity contribution in [2.75, 3.05) is 12.4 Å². The van der Waals surface area contributed by atoms with E-state index in [2.05, 4.69) is 15.3 Å². The first kappa shape index (κ1) is 20.4. The number of rotatable bonds is 6. The first-order valence-corrected chi connectivity index (χ1v) is 9.80. The summed E-state index contributed by atoms with van der Waals surface area (Å²) in [5, 5.41) is 3.45. The molecule has 0 aliphatic carbocycles. The van der Waals surface area contributed by atoms with Gasteiger partial charge in [-0.1, -0.05) is 23.7 Å². The van der Waals surface area contributed by atoms with Gasteiger partial charge in [0.15, 0.2) is 0 Å². The van der Waals surface area contributed by atoms with Gasteiger partial charge in [-0.2, -0.15) is 0 Å². The van der Waals surface area contributed by atoms with Gasteiger partial charge in [-0.3, -0.25) is 4.79 Å². The van der Waals surface area contributed by atoms with E-state index in [0.29, 0.717) is 22.0 Å². The average molecular weight is 432 g/mol. The Balaban J connectivity index is 1.41. The smallest absolute Gasteiger partial charge is 0.321 e. The maximum absolute atomic E-state index is 12.4. The maximum atomic E-state index is 12.4. The lowest BCUT2D eigenvalue weighted by molar-refractivity contribution is 0.102. The predicted molar refractivity (Wildman–Crippen MR) is 120 cm³/mol. The van der Waals surface area contributed by atoms with Gasteiger partial charge in [0, 0.05) is 34.2 Å². The Morgan fingerprint density at radius 2 is 1.42 bits per heavy atom. The summed E-state index contributed by atoms with van der Waals surface area (Å²) in [6, 6.07) is 21.6. The van der Waals surface area contributed by atoms with Gasteiger partial charge >= 0.3 is 6.01 Å². The zero-order valence-electron chi connectivity index (χ0n) is 16.6. The van der Waals surface area contributed by atoms with Crippen LogP contribution in [0.1, 0.15) is 10.4 Å². The fourth-order valence-corrected chi connectivity index (χ4v) is 2.94. The van der Waals surface area contributed by atoms with E-state index >= 15 is 0 Å². The number of carbonyl (C=O) groups is 1. The second-order valence-electron chi connectivity index (χ2n) is 6.57. The van der Waals surface area contributed by atoms with Crippen molar-refractivity contribution in [3.05, 3.63) is 95.8 Å². The Labute approximate surface area is 184 Å². The van der Waals surface area contributed by atoms with Crippen LogP contribution < -0.4 is 14.8 Å². The molecular weight excluding hydrogens is 414 g/mol. The molecule has 0 spiro atoms. The highest BCUT2D eigenvalue weighted by Crippen LogP contribution is 2.24. The molecule has 1 heterocycles. The number of hydrogen-bond donors (Lipinski definition) is 1. The summed E-state index contributed by atoms with van der Waals surface area (Å²) in [5.41, 5.74) is 2.92. The second-order valence-corrected chi connectivity index (χ2v) is 7.01. The summed E-state index contributed by atoms with van der Waals surface area (Å²) in [6.45, 7) is 0.